The molecule has 0 bridgehead atoms. The molecule has 36 heavy (non-hydrogen) atoms. The largest absolute Gasteiger partial charge is 0.472 e. The van der Waals surface area contributed by atoms with Crippen LogP contribution in [0.25, 0.3) is 0 Å². The highest BCUT2D eigenvalue weighted by Crippen LogP contribution is 2.27. The van der Waals surface area contributed by atoms with E-state index in [9.17, 15) is 19.1 Å². The second-order valence-corrected chi connectivity index (χ2v) is 8.72. The molecule has 192 valence electrons. The summed E-state index contributed by atoms with van der Waals surface area (Å²) < 4.78 is 25.1. The lowest BCUT2D eigenvalue weighted by Crippen LogP contribution is -2.50. The van der Waals surface area contributed by atoms with Crippen molar-refractivity contribution in [3.05, 3.63) is 53.5 Å². The van der Waals surface area contributed by atoms with Crippen molar-refractivity contribution in [1.29, 1.82) is 0 Å². The molecule has 0 spiro atoms. The average Bonchev–Trinajstić information content (AvgIpc) is 2.87. The lowest BCUT2D eigenvalue weighted by molar-refractivity contribution is 0.0356. The Morgan fingerprint density at radius 1 is 1.44 bits per heavy atom. The zero-order valence-corrected chi connectivity index (χ0v) is 20.8. The van der Waals surface area contributed by atoms with Crippen LogP contribution in [0, 0.1) is 23.6 Å². The van der Waals surface area contributed by atoms with Gasteiger partial charge in [-0.2, -0.15) is 0 Å². The number of halogens is 1. The van der Waals surface area contributed by atoms with Gasteiger partial charge in [-0.3, -0.25) is 4.79 Å². The molecular formula is C26H31FN4O5. The third kappa shape index (κ3) is 6.50. The minimum Gasteiger partial charge on any atom is -0.472 e. The first-order valence-corrected chi connectivity index (χ1v) is 11.6. The van der Waals surface area contributed by atoms with E-state index in [1.165, 1.54) is 36.4 Å². The number of rotatable bonds is 6. The SMILES string of the molecule is COCC#Cc1cnc2c(c1)C(=O)N([C@H](C)CO)C[C@@H](C)[C@H](CN(C)C(=O)Nc1ccccc1F)O2. The highest BCUT2D eigenvalue weighted by molar-refractivity contribution is 5.97. The van der Waals surface area contributed by atoms with Gasteiger partial charge < -0.3 is 29.7 Å². The van der Waals surface area contributed by atoms with Crippen LogP contribution in [0.4, 0.5) is 14.9 Å². The number of fused-ring (bicyclic) bond motifs is 1. The number of pyridine rings is 1. The number of likely N-dealkylation sites (N-methyl/N-ethyl adjacent to an activating group) is 1. The van der Waals surface area contributed by atoms with Gasteiger partial charge in [0.1, 0.15) is 24.1 Å². The Hall–Kier alpha value is -3.68. The number of nitrogens with zero attached hydrogens (tertiary/aromatic N) is 3. The standard InChI is InChI=1S/C26H31FN4O5/c1-17-14-31(18(2)16-32)25(33)20-12-19(8-7-11-35-4)13-28-24(20)36-23(17)15-30(3)26(34)29-22-10-6-5-9-21(22)27/h5-6,9-10,12-13,17-18,23,32H,11,14-16H2,1-4H3,(H,29,34)/t17-,18-,23+/m1/s1. The zero-order valence-electron chi connectivity index (χ0n) is 20.8. The summed E-state index contributed by atoms with van der Waals surface area (Å²) in [5.41, 5.74) is 0.810. The predicted octanol–water partition coefficient (Wildman–Crippen LogP) is 2.60. The van der Waals surface area contributed by atoms with E-state index in [1.54, 1.807) is 31.0 Å². The van der Waals surface area contributed by atoms with E-state index in [4.69, 9.17) is 9.47 Å². The molecule has 0 unspecified atom stereocenters. The van der Waals surface area contributed by atoms with Gasteiger partial charge in [-0.15, -0.1) is 0 Å². The van der Waals surface area contributed by atoms with Crippen molar-refractivity contribution in [3.8, 4) is 17.7 Å². The summed E-state index contributed by atoms with van der Waals surface area (Å²) in [6.07, 6.45) is 0.964. The van der Waals surface area contributed by atoms with Gasteiger partial charge in [0.2, 0.25) is 5.88 Å². The molecule has 2 aromatic rings. The Balaban J connectivity index is 1.88. The van der Waals surface area contributed by atoms with E-state index in [1.807, 2.05) is 6.92 Å². The van der Waals surface area contributed by atoms with Crippen LogP contribution < -0.4 is 10.1 Å². The summed E-state index contributed by atoms with van der Waals surface area (Å²) in [6.45, 7) is 4.10. The smallest absolute Gasteiger partial charge is 0.321 e. The molecule has 0 fully saturated rings. The van der Waals surface area contributed by atoms with Gasteiger partial charge >= 0.3 is 6.03 Å². The molecule has 0 saturated heterocycles. The number of hydrogen-bond acceptors (Lipinski definition) is 6. The summed E-state index contributed by atoms with van der Waals surface area (Å²) in [7, 11) is 3.11. The predicted molar refractivity (Wildman–Crippen MR) is 132 cm³/mol. The summed E-state index contributed by atoms with van der Waals surface area (Å²) in [5, 5.41) is 12.3. The number of ether oxygens (including phenoxy) is 2. The minimum atomic E-state index is -0.542. The van der Waals surface area contributed by atoms with E-state index >= 15 is 0 Å². The van der Waals surface area contributed by atoms with Crippen molar-refractivity contribution in [2.75, 3.05) is 45.8 Å². The molecule has 1 aliphatic rings. The van der Waals surface area contributed by atoms with Gasteiger partial charge in [0.15, 0.2) is 0 Å². The molecule has 3 atom stereocenters. The first-order valence-electron chi connectivity index (χ1n) is 11.6. The highest BCUT2D eigenvalue weighted by Gasteiger charge is 2.34. The fraction of sp³-hybridized carbons (Fsp3) is 0.423. The Bertz CT molecular complexity index is 1150. The van der Waals surface area contributed by atoms with Crippen LogP contribution in [0.5, 0.6) is 5.88 Å². The van der Waals surface area contributed by atoms with Gasteiger partial charge in [-0.05, 0) is 25.1 Å². The van der Waals surface area contributed by atoms with Gasteiger partial charge in [-0.25, -0.2) is 14.2 Å². The fourth-order valence-electron chi connectivity index (χ4n) is 3.72. The second-order valence-electron chi connectivity index (χ2n) is 8.72. The number of aliphatic hydroxyl groups excluding tert-OH is 1. The number of anilines is 1. The number of carbonyl (C=O) groups is 2. The van der Waals surface area contributed by atoms with E-state index in [2.05, 4.69) is 22.1 Å². The molecule has 0 radical (unpaired) electrons. The second kappa shape index (κ2) is 12.3. The topological polar surface area (TPSA) is 104 Å². The number of para-hydroxylation sites is 1. The molecule has 0 saturated carbocycles. The van der Waals surface area contributed by atoms with Crippen molar-refractivity contribution < 1.29 is 28.6 Å². The van der Waals surface area contributed by atoms with Crippen molar-refractivity contribution >= 4 is 17.6 Å². The van der Waals surface area contributed by atoms with Crippen LogP contribution in [0.2, 0.25) is 0 Å². The Morgan fingerprint density at radius 2 is 2.19 bits per heavy atom. The number of carbonyl (C=O) groups excluding carboxylic acids is 2. The van der Waals surface area contributed by atoms with Gasteiger partial charge in [0.25, 0.3) is 5.91 Å². The summed E-state index contributed by atoms with van der Waals surface area (Å²) in [5.74, 6) is 4.76. The van der Waals surface area contributed by atoms with Crippen LogP contribution in [0.3, 0.4) is 0 Å². The number of aliphatic hydroxyl groups is 1. The molecule has 1 aromatic heterocycles. The van der Waals surface area contributed by atoms with E-state index in [0.717, 1.165) is 0 Å². The third-order valence-electron chi connectivity index (χ3n) is 5.89. The molecule has 2 heterocycles. The quantitative estimate of drug-likeness (QED) is 0.594. The number of benzene rings is 1. The average molecular weight is 499 g/mol. The van der Waals surface area contributed by atoms with Crippen LogP contribution in [-0.4, -0.2) is 84.4 Å². The van der Waals surface area contributed by atoms with Crippen LogP contribution in [-0.2, 0) is 4.74 Å². The van der Waals surface area contributed by atoms with E-state index in [0.29, 0.717) is 5.56 Å². The summed E-state index contributed by atoms with van der Waals surface area (Å²) in [4.78, 5) is 33.4. The molecule has 3 amide bonds. The van der Waals surface area contributed by atoms with Crippen molar-refractivity contribution in [2.45, 2.75) is 26.0 Å². The Kier molecular flexibility index (Phi) is 9.22. The monoisotopic (exact) mass is 498 g/mol. The summed E-state index contributed by atoms with van der Waals surface area (Å²) in [6, 6.07) is 6.56. The maximum Gasteiger partial charge on any atom is 0.321 e. The maximum atomic E-state index is 14.0. The molecule has 2 N–H and O–H groups in total. The fourth-order valence-corrected chi connectivity index (χ4v) is 3.72. The molecule has 10 heteroatoms. The normalized spacial score (nSPS) is 18.1. The Morgan fingerprint density at radius 3 is 2.89 bits per heavy atom. The van der Waals surface area contributed by atoms with Gasteiger partial charge in [0, 0.05) is 38.4 Å². The number of aromatic nitrogens is 1. The lowest BCUT2D eigenvalue weighted by atomic mass is 10.00. The number of hydrogen-bond donors (Lipinski definition) is 2. The highest BCUT2D eigenvalue weighted by atomic mass is 19.1. The number of nitrogens with one attached hydrogen (secondary N) is 1. The minimum absolute atomic E-state index is 0.0728. The molecule has 1 aliphatic heterocycles. The van der Waals surface area contributed by atoms with E-state index < -0.39 is 24.0 Å². The van der Waals surface area contributed by atoms with Crippen LogP contribution >= 0.6 is 0 Å². The van der Waals surface area contributed by atoms with Crippen LogP contribution in [0.15, 0.2) is 36.5 Å². The lowest BCUT2D eigenvalue weighted by Gasteiger charge is -2.37. The third-order valence-corrected chi connectivity index (χ3v) is 5.89. The number of urea groups is 1. The maximum absolute atomic E-state index is 14.0. The van der Waals surface area contributed by atoms with E-state index in [-0.39, 0.29) is 55.3 Å². The Labute approximate surface area is 210 Å². The van der Waals surface area contributed by atoms with Gasteiger partial charge in [0.05, 0.1) is 24.9 Å². The van der Waals surface area contributed by atoms with Crippen LogP contribution in [0.1, 0.15) is 29.8 Å². The first-order chi connectivity index (χ1) is 17.2. The van der Waals surface area contributed by atoms with Gasteiger partial charge in [-0.1, -0.05) is 30.9 Å². The molecule has 9 nitrogen and oxygen atoms in total. The number of amides is 3. The number of methoxy groups -OCH3 is 1. The van der Waals surface area contributed by atoms with Crippen molar-refractivity contribution in [3.63, 3.8) is 0 Å². The summed E-state index contributed by atoms with van der Waals surface area (Å²) >= 11 is 0. The molecule has 1 aromatic carbocycles. The molecular weight excluding hydrogens is 467 g/mol. The zero-order chi connectivity index (χ0) is 26.2. The first kappa shape index (κ1) is 26.9. The van der Waals surface area contributed by atoms with Crippen molar-refractivity contribution in [1.82, 2.24) is 14.8 Å². The van der Waals surface area contributed by atoms with Crippen molar-refractivity contribution in [2.24, 2.45) is 5.92 Å². The molecule has 0 aliphatic carbocycles. The molecule has 3 rings (SSSR count).